The van der Waals surface area contributed by atoms with Crippen LogP contribution in [-0.2, 0) is 6.54 Å². The van der Waals surface area contributed by atoms with E-state index >= 15 is 0 Å². The number of nitrogens with one attached hydrogen (secondary N) is 1. The average Bonchev–Trinajstić information content (AvgIpc) is 2.72. The molecule has 1 fully saturated rings. The summed E-state index contributed by atoms with van der Waals surface area (Å²) < 4.78 is 0. The SMILES string of the molecule is Cc1cnc(CN=C2NC(C(C)(C)C)CCS2)s1. The van der Waals surface area contributed by atoms with Crippen LogP contribution in [0.1, 0.15) is 37.1 Å². The molecule has 1 atom stereocenters. The molecular formula is C13H21N3S2. The zero-order valence-corrected chi connectivity index (χ0v) is 13.1. The van der Waals surface area contributed by atoms with Gasteiger partial charge in [-0.1, -0.05) is 32.5 Å². The Morgan fingerprint density at radius 3 is 2.89 bits per heavy atom. The van der Waals surface area contributed by atoms with Crippen molar-refractivity contribution in [3.05, 3.63) is 16.1 Å². The van der Waals surface area contributed by atoms with Gasteiger partial charge in [-0.3, -0.25) is 4.99 Å². The van der Waals surface area contributed by atoms with Crippen LogP contribution in [0.2, 0.25) is 0 Å². The fourth-order valence-electron chi connectivity index (χ4n) is 1.89. The van der Waals surface area contributed by atoms with Gasteiger partial charge in [-0.2, -0.15) is 0 Å². The molecule has 0 amide bonds. The van der Waals surface area contributed by atoms with Crippen molar-refractivity contribution in [2.45, 2.75) is 46.7 Å². The number of nitrogens with zero attached hydrogens (tertiary/aromatic N) is 2. The number of thioether (sulfide) groups is 1. The van der Waals surface area contributed by atoms with Crippen LogP contribution >= 0.6 is 23.1 Å². The smallest absolute Gasteiger partial charge is 0.157 e. The third-order valence-electron chi connectivity index (χ3n) is 3.02. The van der Waals surface area contributed by atoms with E-state index in [4.69, 9.17) is 0 Å². The average molecular weight is 283 g/mol. The summed E-state index contributed by atoms with van der Waals surface area (Å²) in [6.07, 6.45) is 3.13. The Labute approximate surface area is 118 Å². The fraction of sp³-hybridized carbons (Fsp3) is 0.692. The molecule has 1 aliphatic heterocycles. The van der Waals surface area contributed by atoms with Gasteiger partial charge in [0.25, 0.3) is 0 Å². The van der Waals surface area contributed by atoms with Crippen molar-refractivity contribution in [2.75, 3.05) is 5.75 Å². The Kier molecular flexibility index (Phi) is 4.33. The first-order valence-corrected chi connectivity index (χ1v) is 8.10. The molecule has 0 radical (unpaired) electrons. The lowest BCUT2D eigenvalue weighted by molar-refractivity contribution is 0.290. The van der Waals surface area contributed by atoms with Gasteiger partial charge in [0.1, 0.15) is 5.01 Å². The topological polar surface area (TPSA) is 37.3 Å². The van der Waals surface area contributed by atoms with Crippen LogP contribution in [0.3, 0.4) is 0 Å². The number of aromatic nitrogens is 1. The summed E-state index contributed by atoms with van der Waals surface area (Å²) in [6.45, 7) is 9.62. The Balaban J connectivity index is 1.96. The van der Waals surface area contributed by atoms with E-state index in [-0.39, 0.29) is 0 Å². The summed E-state index contributed by atoms with van der Waals surface area (Å²) in [5, 5.41) is 5.74. The van der Waals surface area contributed by atoms with Crippen LogP contribution in [0.4, 0.5) is 0 Å². The Morgan fingerprint density at radius 2 is 2.28 bits per heavy atom. The predicted molar refractivity (Wildman–Crippen MR) is 81.4 cm³/mol. The van der Waals surface area contributed by atoms with Crippen molar-refractivity contribution >= 4 is 28.3 Å². The highest BCUT2D eigenvalue weighted by Crippen LogP contribution is 2.27. The molecule has 5 heteroatoms. The lowest BCUT2D eigenvalue weighted by Gasteiger charge is -2.35. The molecule has 1 saturated heterocycles. The molecule has 0 aliphatic carbocycles. The zero-order chi connectivity index (χ0) is 13.2. The third-order valence-corrected chi connectivity index (χ3v) is 4.87. The van der Waals surface area contributed by atoms with Crippen molar-refractivity contribution in [3.8, 4) is 0 Å². The van der Waals surface area contributed by atoms with Crippen LogP contribution in [0.15, 0.2) is 11.2 Å². The number of hydrogen-bond donors (Lipinski definition) is 1. The summed E-state index contributed by atoms with van der Waals surface area (Å²) >= 11 is 3.55. The van der Waals surface area contributed by atoms with Crippen molar-refractivity contribution in [3.63, 3.8) is 0 Å². The van der Waals surface area contributed by atoms with Gasteiger partial charge >= 0.3 is 0 Å². The predicted octanol–water partition coefficient (Wildman–Crippen LogP) is 3.45. The Hall–Kier alpha value is -0.550. The summed E-state index contributed by atoms with van der Waals surface area (Å²) in [6, 6.07) is 0.524. The zero-order valence-electron chi connectivity index (χ0n) is 11.5. The van der Waals surface area contributed by atoms with Gasteiger partial charge in [-0.15, -0.1) is 11.3 Å². The quantitative estimate of drug-likeness (QED) is 0.903. The molecule has 0 saturated carbocycles. The standard InChI is InChI=1S/C13H21N3S2/c1-9-7-14-11(18-9)8-15-12-16-10(5-6-17-12)13(2,3)4/h7,10H,5-6,8H2,1-4H3,(H,15,16). The number of aryl methyl sites for hydroxylation is 1. The van der Waals surface area contributed by atoms with Gasteiger partial charge in [-0.25, -0.2) is 4.98 Å². The summed E-state index contributed by atoms with van der Waals surface area (Å²) in [7, 11) is 0. The molecule has 100 valence electrons. The van der Waals surface area contributed by atoms with Crippen molar-refractivity contribution < 1.29 is 0 Å². The fourth-order valence-corrected chi connectivity index (χ4v) is 3.53. The Bertz CT molecular complexity index is 432. The van der Waals surface area contributed by atoms with Crippen LogP contribution in [0.25, 0.3) is 0 Å². The lowest BCUT2D eigenvalue weighted by atomic mass is 9.85. The first-order valence-electron chi connectivity index (χ1n) is 6.30. The largest absolute Gasteiger partial charge is 0.362 e. The molecule has 2 heterocycles. The van der Waals surface area contributed by atoms with E-state index in [2.05, 4.69) is 43.0 Å². The maximum Gasteiger partial charge on any atom is 0.157 e. The summed E-state index contributed by atoms with van der Waals surface area (Å²) in [5.41, 5.74) is 0.291. The number of hydrogen-bond acceptors (Lipinski definition) is 4. The molecular weight excluding hydrogens is 262 g/mol. The molecule has 0 bridgehead atoms. The van der Waals surface area contributed by atoms with E-state index < -0.39 is 0 Å². The summed E-state index contributed by atoms with van der Waals surface area (Å²) in [4.78, 5) is 10.2. The van der Waals surface area contributed by atoms with Gasteiger partial charge in [0, 0.05) is 22.9 Å². The molecule has 1 unspecified atom stereocenters. The molecule has 2 rings (SSSR count). The van der Waals surface area contributed by atoms with Gasteiger partial charge in [0.05, 0.1) is 6.54 Å². The molecule has 3 nitrogen and oxygen atoms in total. The molecule has 18 heavy (non-hydrogen) atoms. The lowest BCUT2D eigenvalue weighted by Crippen LogP contribution is -2.46. The number of thiazole rings is 1. The van der Waals surface area contributed by atoms with Crippen LogP contribution in [0, 0.1) is 12.3 Å². The number of aliphatic imine (C=N–C) groups is 1. The van der Waals surface area contributed by atoms with Crippen molar-refractivity contribution in [1.29, 1.82) is 0 Å². The molecule has 1 aromatic rings. The maximum atomic E-state index is 4.65. The van der Waals surface area contributed by atoms with Crippen LogP contribution in [-0.4, -0.2) is 21.9 Å². The monoisotopic (exact) mass is 283 g/mol. The van der Waals surface area contributed by atoms with E-state index in [1.807, 2.05) is 18.0 Å². The van der Waals surface area contributed by atoms with E-state index in [1.54, 1.807) is 11.3 Å². The first kappa shape index (κ1) is 13.9. The third kappa shape index (κ3) is 3.72. The van der Waals surface area contributed by atoms with Gasteiger partial charge < -0.3 is 5.32 Å². The minimum Gasteiger partial charge on any atom is -0.362 e. The van der Waals surface area contributed by atoms with Crippen molar-refractivity contribution in [1.82, 2.24) is 10.3 Å². The van der Waals surface area contributed by atoms with E-state index in [0.717, 1.165) is 15.9 Å². The van der Waals surface area contributed by atoms with E-state index in [9.17, 15) is 0 Å². The first-order chi connectivity index (χ1) is 8.45. The molecule has 0 spiro atoms. The Morgan fingerprint density at radius 1 is 1.50 bits per heavy atom. The van der Waals surface area contributed by atoms with Crippen LogP contribution < -0.4 is 5.32 Å². The second-order valence-corrected chi connectivity index (χ2v) is 8.09. The highest BCUT2D eigenvalue weighted by Gasteiger charge is 2.28. The highest BCUT2D eigenvalue weighted by atomic mass is 32.2. The molecule has 1 aliphatic rings. The minimum absolute atomic E-state index is 0.291. The van der Waals surface area contributed by atoms with Crippen LogP contribution in [0.5, 0.6) is 0 Å². The highest BCUT2D eigenvalue weighted by molar-refractivity contribution is 8.13. The van der Waals surface area contributed by atoms with Gasteiger partial charge in [0.2, 0.25) is 0 Å². The van der Waals surface area contributed by atoms with E-state index in [0.29, 0.717) is 18.0 Å². The normalized spacial score (nSPS) is 23.1. The minimum atomic E-state index is 0.291. The van der Waals surface area contributed by atoms with Gasteiger partial charge in [-0.05, 0) is 18.8 Å². The molecule has 1 aromatic heterocycles. The van der Waals surface area contributed by atoms with E-state index in [1.165, 1.54) is 11.3 Å². The second-order valence-electron chi connectivity index (χ2n) is 5.69. The second kappa shape index (κ2) is 5.61. The summed E-state index contributed by atoms with van der Waals surface area (Å²) in [5.74, 6) is 1.16. The number of rotatable bonds is 2. The maximum absolute atomic E-state index is 4.65. The molecule has 0 aromatic carbocycles. The van der Waals surface area contributed by atoms with Crippen molar-refractivity contribution in [2.24, 2.45) is 10.4 Å². The molecule has 1 N–H and O–H groups in total. The van der Waals surface area contributed by atoms with Gasteiger partial charge in [0.15, 0.2) is 5.17 Å². The number of amidine groups is 1.